The van der Waals surface area contributed by atoms with Crippen LogP contribution < -0.4 is 10.6 Å². The zero-order valence-electron chi connectivity index (χ0n) is 11.9. The van der Waals surface area contributed by atoms with Gasteiger partial charge in [-0.05, 0) is 49.6 Å². The van der Waals surface area contributed by atoms with Gasteiger partial charge in [0, 0.05) is 18.7 Å². The average molecular weight is 271 g/mol. The summed E-state index contributed by atoms with van der Waals surface area (Å²) in [5.74, 6) is 0.483. The molecule has 0 aromatic heterocycles. The van der Waals surface area contributed by atoms with Crippen LogP contribution in [0.5, 0.6) is 0 Å². The Hall–Kier alpha value is -1.86. The number of carbonyl (C=O) groups excluding carboxylic acids is 1. The van der Waals surface area contributed by atoms with Crippen molar-refractivity contribution in [1.29, 1.82) is 5.26 Å². The van der Waals surface area contributed by atoms with Crippen molar-refractivity contribution < 1.29 is 4.79 Å². The summed E-state index contributed by atoms with van der Waals surface area (Å²) in [4.78, 5) is 14.3. The number of rotatable bonds is 3. The third-order valence-electron chi connectivity index (χ3n) is 4.24. The molecule has 1 aliphatic rings. The van der Waals surface area contributed by atoms with E-state index in [-0.39, 0.29) is 11.8 Å². The standard InChI is InChI=1S/C16H21N3O/c1-19(14-8-6-12(10-17)7-9-14)16(20)15-5-3-2-4-13(15)11-18/h6-9,13,15H,2-5,11,18H2,1H3. The van der Waals surface area contributed by atoms with Gasteiger partial charge in [0.1, 0.15) is 0 Å². The molecule has 0 spiro atoms. The molecule has 2 N–H and O–H groups in total. The van der Waals surface area contributed by atoms with E-state index in [9.17, 15) is 4.79 Å². The highest BCUT2D eigenvalue weighted by Crippen LogP contribution is 2.31. The number of carbonyl (C=O) groups is 1. The van der Waals surface area contributed by atoms with Gasteiger partial charge in [-0.1, -0.05) is 12.8 Å². The third kappa shape index (κ3) is 3.00. The van der Waals surface area contributed by atoms with Crippen molar-refractivity contribution in [3.63, 3.8) is 0 Å². The van der Waals surface area contributed by atoms with Gasteiger partial charge in [-0.2, -0.15) is 5.26 Å². The van der Waals surface area contributed by atoms with E-state index in [0.717, 1.165) is 24.9 Å². The fourth-order valence-electron chi connectivity index (χ4n) is 2.95. The summed E-state index contributed by atoms with van der Waals surface area (Å²) >= 11 is 0. The summed E-state index contributed by atoms with van der Waals surface area (Å²) in [6.07, 6.45) is 4.26. The first-order valence-electron chi connectivity index (χ1n) is 7.15. The first-order chi connectivity index (χ1) is 9.67. The number of anilines is 1. The van der Waals surface area contributed by atoms with Crippen molar-refractivity contribution in [1.82, 2.24) is 0 Å². The van der Waals surface area contributed by atoms with Crippen LogP contribution in [0.4, 0.5) is 5.69 Å². The number of nitriles is 1. The molecule has 4 nitrogen and oxygen atoms in total. The molecular formula is C16H21N3O. The minimum atomic E-state index is 0.0365. The minimum absolute atomic E-state index is 0.0365. The fraction of sp³-hybridized carbons (Fsp3) is 0.500. The molecule has 1 saturated carbocycles. The lowest BCUT2D eigenvalue weighted by atomic mass is 9.78. The molecule has 1 aromatic rings. The van der Waals surface area contributed by atoms with Gasteiger partial charge in [0.25, 0.3) is 0 Å². The van der Waals surface area contributed by atoms with Crippen LogP contribution in [0.1, 0.15) is 31.2 Å². The smallest absolute Gasteiger partial charge is 0.230 e. The molecule has 0 heterocycles. The van der Waals surface area contributed by atoms with Crippen molar-refractivity contribution in [2.75, 3.05) is 18.5 Å². The van der Waals surface area contributed by atoms with Crippen LogP contribution in [0.15, 0.2) is 24.3 Å². The summed E-state index contributed by atoms with van der Waals surface area (Å²) in [5.41, 5.74) is 7.23. The second-order valence-electron chi connectivity index (χ2n) is 5.44. The normalized spacial score (nSPS) is 22.1. The number of benzene rings is 1. The van der Waals surface area contributed by atoms with Crippen LogP contribution in [-0.2, 0) is 4.79 Å². The topological polar surface area (TPSA) is 70.1 Å². The Bertz CT molecular complexity index is 503. The maximum Gasteiger partial charge on any atom is 0.230 e. The predicted molar refractivity (Wildman–Crippen MR) is 79.1 cm³/mol. The van der Waals surface area contributed by atoms with Gasteiger partial charge in [-0.3, -0.25) is 4.79 Å². The largest absolute Gasteiger partial charge is 0.330 e. The van der Waals surface area contributed by atoms with E-state index in [1.165, 1.54) is 6.42 Å². The van der Waals surface area contributed by atoms with E-state index in [2.05, 4.69) is 6.07 Å². The molecule has 4 heteroatoms. The quantitative estimate of drug-likeness (QED) is 0.917. The van der Waals surface area contributed by atoms with Gasteiger partial charge in [0.2, 0.25) is 5.91 Å². The maximum absolute atomic E-state index is 12.6. The van der Waals surface area contributed by atoms with E-state index in [4.69, 9.17) is 11.0 Å². The van der Waals surface area contributed by atoms with Crippen LogP contribution >= 0.6 is 0 Å². The Morgan fingerprint density at radius 3 is 2.60 bits per heavy atom. The number of hydrogen-bond acceptors (Lipinski definition) is 3. The molecule has 0 saturated heterocycles. The molecule has 1 fully saturated rings. The van der Waals surface area contributed by atoms with Crippen molar-refractivity contribution in [2.45, 2.75) is 25.7 Å². The highest BCUT2D eigenvalue weighted by molar-refractivity contribution is 5.94. The summed E-state index contributed by atoms with van der Waals surface area (Å²) in [7, 11) is 1.80. The number of amides is 1. The molecule has 1 aromatic carbocycles. The highest BCUT2D eigenvalue weighted by Gasteiger charge is 2.32. The average Bonchev–Trinajstić information content (AvgIpc) is 2.53. The Balaban J connectivity index is 2.12. The van der Waals surface area contributed by atoms with E-state index in [1.54, 1.807) is 24.1 Å². The molecule has 1 amide bonds. The second kappa shape index (κ2) is 6.53. The van der Waals surface area contributed by atoms with Crippen LogP contribution in [0, 0.1) is 23.2 Å². The third-order valence-corrected chi connectivity index (χ3v) is 4.24. The monoisotopic (exact) mass is 271 g/mol. The molecule has 0 aliphatic heterocycles. The van der Waals surface area contributed by atoms with Crippen LogP contribution in [0.3, 0.4) is 0 Å². The van der Waals surface area contributed by atoms with E-state index in [0.29, 0.717) is 18.0 Å². The fourth-order valence-corrected chi connectivity index (χ4v) is 2.95. The Morgan fingerprint density at radius 1 is 1.35 bits per heavy atom. The van der Waals surface area contributed by atoms with Gasteiger partial charge >= 0.3 is 0 Å². The van der Waals surface area contributed by atoms with E-state index >= 15 is 0 Å². The second-order valence-corrected chi connectivity index (χ2v) is 5.44. The SMILES string of the molecule is CN(C(=O)C1CCCCC1CN)c1ccc(C#N)cc1. The number of nitrogens with two attached hydrogens (primary N) is 1. The maximum atomic E-state index is 12.6. The van der Waals surface area contributed by atoms with Gasteiger partial charge in [-0.25, -0.2) is 0 Å². The molecule has 2 unspecified atom stereocenters. The minimum Gasteiger partial charge on any atom is -0.330 e. The Labute approximate surface area is 120 Å². The molecule has 2 rings (SSSR count). The predicted octanol–water partition coefficient (Wildman–Crippen LogP) is 2.29. The van der Waals surface area contributed by atoms with Gasteiger partial charge in [-0.15, -0.1) is 0 Å². The lowest BCUT2D eigenvalue weighted by Crippen LogP contribution is -2.40. The summed E-state index contributed by atoms with van der Waals surface area (Å²) in [6.45, 7) is 0.581. The first kappa shape index (κ1) is 14.5. The van der Waals surface area contributed by atoms with Gasteiger partial charge in [0.05, 0.1) is 11.6 Å². The lowest BCUT2D eigenvalue weighted by molar-refractivity contribution is -0.124. The lowest BCUT2D eigenvalue weighted by Gasteiger charge is -2.32. The van der Waals surface area contributed by atoms with E-state index in [1.807, 2.05) is 12.1 Å². The number of nitrogens with zero attached hydrogens (tertiary/aromatic N) is 2. The molecule has 2 atom stereocenters. The van der Waals surface area contributed by atoms with Crippen molar-refractivity contribution in [3.05, 3.63) is 29.8 Å². The molecule has 0 radical (unpaired) electrons. The summed E-state index contributed by atoms with van der Waals surface area (Å²) in [6, 6.07) is 9.19. The number of hydrogen-bond donors (Lipinski definition) is 1. The van der Waals surface area contributed by atoms with Gasteiger partial charge < -0.3 is 10.6 Å². The van der Waals surface area contributed by atoms with E-state index < -0.39 is 0 Å². The first-order valence-corrected chi connectivity index (χ1v) is 7.15. The molecule has 0 bridgehead atoms. The van der Waals surface area contributed by atoms with Crippen molar-refractivity contribution in [3.8, 4) is 6.07 Å². The van der Waals surface area contributed by atoms with Crippen LogP contribution in [0.25, 0.3) is 0 Å². The molecule has 106 valence electrons. The Kier molecular flexibility index (Phi) is 4.75. The molecule has 1 aliphatic carbocycles. The van der Waals surface area contributed by atoms with Gasteiger partial charge in [0.15, 0.2) is 0 Å². The zero-order chi connectivity index (χ0) is 14.5. The highest BCUT2D eigenvalue weighted by atomic mass is 16.2. The molecule has 20 heavy (non-hydrogen) atoms. The summed E-state index contributed by atoms with van der Waals surface area (Å²) in [5, 5.41) is 8.80. The zero-order valence-corrected chi connectivity index (χ0v) is 11.9. The van der Waals surface area contributed by atoms with Crippen molar-refractivity contribution >= 4 is 11.6 Å². The van der Waals surface area contributed by atoms with Crippen LogP contribution in [0.2, 0.25) is 0 Å². The van der Waals surface area contributed by atoms with Crippen LogP contribution in [-0.4, -0.2) is 19.5 Å². The molecular weight excluding hydrogens is 250 g/mol. The Morgan fingerprint density at radius 2 is 2.00 bits per heavy atom. The van der Waals surface area contributed by atoms with Crippen molar-refractivity contribution in [2.24, 2.45) is 17.6 Å². The summed E-state index contributed by atoms with van der Waals surface area (Å²) < 4.78 is 0.